The number of hydrogen-bond acceptors (Lipinski definition) is 4. The Labute approximate surface area is 155 Å². The Hall–Kier alpha value is -1.89. The summed E-state index contributed by atoms with van der Waals surface area (Å²) in [6.07, 6.45) is 7.19. The Morgan fingerprint density at radius 3 is 2.85 bits per heavy atom. The topological polar surface area (TPSA) is 70.5 Å². The molecule has 3 atom stereocenters. The molecule has 0 radical (unpaired) electrons. The molecule has 0 aliphatic carbocycles. The van der Waals surface area contributed by atoms with Crippen LogP contribution in [0.1, 0.15) is 43.0 Å². The van der Waals surface area contributed by atoms with Crippen LogP contribution in [0, 0.1) is 11.8 Å². The van der Waals surface area contributed by atoms with Crippen LogP contribution in [0.2, 0.25) is 0 Å². The van der Waals surface area contributed by atoms with Gasteiger partial charge in [-0.1, -0.05) is 0 Å². The molecule has 7 nitrogen and oxygen atoms in total. The van der Waals surface area contributed by atoms with Gasteiger partial charge in [-0.3, -0.25) is 14.3 Å². The maximum absolute atomic E-state index is 12.8. The fourth-order valence-electron chi connectivity index (χ4n) is 4.20. The maximum atomic E-state index is 12.8. The van der Waals surface area contributed by atoms with Crippen molar-refractivity contribution >= 4 is 11.8 Å². The van der Waals surface area contributed by atoms with Crippen LogP contribution < -0.4 is 5.32 Å². The van der Waals surface area contributed by atoms with Crippen molar-refractivity contribution in [3.8, 4) is 0 Å². The number of hydrogen-bond donors (Lipinski definition) is 1. The molecule has 1 N–H and O–H groups in total. The van der Waals surface area contributed by atoms with E-state index in [1.165, 1.54) is 6.42 Å². The van der Waals surface area contributed by atoms with Crippen molar-refractivity contribution in [1.82, 2.24) is 24.9 Å². The van der Waals surface area contributed by atoms with Gasteiger partial charge in [0, 0.05) is 52.4 Å². The molecule has 144 valence electrons. The molecule has 3 heterocycles. The second kappa shape index (κ2) is 8.20. The highest BCUT2D eigenvalue weighted by Gasteiger charge is 2.38. The van der Waals surface area contributed by atoms with E-state index < -0.39 is 0 Å². The van der Waals surface area contributed by atoms with Crippen molar-refractivity contribution in [2.45, 2.75) is 45.2 Å². The molecule has 0 saturated carbocycles. The summed E-state index contributed by atoms with van der Waals surface area (Å²) < 4.78 is 1.80. The summed E-state index contributed by atoms with van der Waals surface area (Å²) >= 11 is 0. The van der Waals surface area contributed by atoms with Gasteiger partial charge in [0.1, 0.15) is 0 Å². The first-order valence-corrected chi connectivity index (χ1v) is 9.73. The number of nitrogens with one attached hydrogen (secondary N) is 1. The first kappa shape index (κ1) is 18.9. The number of aryl methyl sites for hydroxylation is 1. The van der Waals surface area contributed by atoms with Crippen LogP contribution in [0.5, 0.6) is 0 Å². The van der Waals surface area contributed by atoms with Crippen molar-refractivity contribution in [1.29, 1.82) is 0 Å². The van der Waals surface area contributed by atoms with Crippen LogP contribution in [0.15, 0.2) is 12.4 Å². The van der Waals surface area contributed by atoms with Gasteiger partial charge in [0.15, 0.2) is 0 Å². The lowest BCUT2D eigenvalue weighted by Crippen LogP contribution is -2.57. The quantitative estimate of drug-likeness (QED) is 0.827. The molecule has 1 aromatic heterocycles. The lowest BCUT2D eigenvalue weighted by Gasteiger charge is -2.46. The molecule has 2 fully saturated rings. The van der Waals surface area contributed by atoms with Crippen molar-refractivity contribution in [3.05, 3.63) is 18.0 Å². The Morgan fingerprint density at radius 2 is 2.15 bits per heavy atom. The zero-order valence-electron chi connectivity index (χ0n) is 16.1. The van der Waals surface area contributed by atoms with Crippen LogP contribution in [-0.2, 0) is 11.3 Å². The second-order valence-corrected chi connectivity index (χ2v) is 7.85. The molecule has 1 aromatic rings. The van der Waals surface area contributed by atoms with Crippen LogP contribution in [-0.4, -0.2) is 71.2 Å². The zero-order chi connectivity index (χ0) is 18.7. The Morgan fingerprint density at radius 1 is 1.35 bits per heavy atom. The minimum absolute atomic E-state index is 0.0998. The van der Waals surface area contributed by atoms with Crippen molar-refractivity contribution in [3.63, 3.8) is 0 Å². The summed E-state index contributed by atoms with van der Waals surface area (Å²) in [5, 5.41) is 7.89. The van der Waals surface area contributed by atoms with Gasteiger partial charge in [0.25, 0.3) is 5.91 Å². The highest BCUT2D eigenvalue weighted by Crippen LogP contribution is 2.31. The van der Waals surface area contributed by atoms with Gasteiger partial charge in [-0.2, -0.15) is 5.10 Å². The van der Waals surface area contributed by atoms with Crippen LogP contribution in [0.4, 0.5) is 0 Å². The third-order valence-electron chi connectivity index (χ3n) is 5.70. The standard InChI is InChI=1S/C19H31N5O2/c1-4-24-13-16(10-21-24)19(26)23-11-14-8-15(12-23)17(20-9-14)6-5-7-18(25)22(2)3/h10,13-15,17,20H,4-9,11-12H2,1-3H3/t14-,15+,17+/m0/s1. The smallest absolute Gasteiger partial charge is 0.257 e. The maximum Gasteiger partial charge on any atom is 0.257 e. The SMILES string of the molecule is CCn1cc(C(=O)N2C[C@@H]3CN[C@H](CCCC(=O)N(C)C)[C@H](C3)C2)cn1. The Kier molecular flexibility index (Phi) is 5.96. The fourth-order valence-corrected chi connectivity index (χ4v) is 4.20. The molecule has 2 aliphatic heterocycles. The Bertz CT molecular complexity index is 642. The predicted molar refractivity (Wildman–Crippen MR) is 99.7 cm³/mol. The van der Waals surface area contributed by atoms with E-state index in [-0.39, 0.29) is 11.8 Å². The zero-order valence-corrected chi connectivity index (χ0v) is 16.1. The lowest BCUT2D eigenvalue weighted by molar-refractivity contribution is -0.128. The number of carbonyl (C=O) groups excluding carboxylic acids is 2. The summed E-state index contributed by atoms with van der Waals surface area (Å²) in [5.41, 5.74) is 0.688. The summed E-state index contributed by atoms with van der Waals surface area (Å²) in [6.45, 7) is 5.37. The van der Waals surface area contributed by atoms with E-state index >= 15 is 0 Å². The molecule has 2 saturated heterocycles. The third kappa shape index (κ3) is 4.26. The largest absolute Gasteiger partial charge is 0.349 e. The molecular formula is C19H31N5O2. The van der Waals surface area contributed by atoms with E-state index in [4.69, 9.17) is 0 Å². The minimum Gasteiger partial charge on any atom is -0.349 e. The number of nitrogens with zero attached hydrogens (tertiary/aromatic N) is 4. The van der Waals surface area contributed by atoms with E-state index in [1.54, 1.807) is 29.9 Å². The van der Waals surface area contributed by atoms with Gasteiger partial charge in [-0.25, -0.2) is 0 Å². The molecule has 2 aliphatic rings. The highest BCUT2D eigenvalue weighted by atomic mass is 16.2. The predicted octanol–water partition coefficient (Wildman–Crippen LogP) is 1.21. The second-order valence-electron chi connectivity index (χ2n) is 7.85. The molecular weight excluding hydrogens is 330 g/mol. The average molecular weight is 361 g/mol. The monoisotopic (exact) mass is 361 g/mol. The van der Waals surface area contributed by atoms with Crippen LogP contribution in [0.3, 0.4) is 0 Å². The van der Waals surface area contributed by atoms with E-state index in [2.05, 4.69) is 10.4 Å². The number of piperidine rings is 2. The van der Waals surface area contributed by atoms with E-state index in [0.717, 1.165) is 39.0 Å². The average Bonchev–Trinajstić information content (AvgIpc) is 3.11. The number of carbonyl (C=O) groups is 2. The number of fused-ring (bicyclic) bond motifs is 2. The van der Waals surface area contributed by atoms with Gasteiger partial charge in [-0.05, 0) is 44.6 Å². The Balaban J connectivity index is 1.56. The summed E-state index contributed by atoms with van der Waals surface area (Å²) in [6, 6.07) is 0.398. The van der Waals surface area contributed by atoms with E-state index in [9.17, 15) is 9.59 Å². The van der Waals surface area contributed by atoms with Crippen molar-refractivity contribution < 1.29 is 9.59 Å². The van der Waals surface area contributed by atoms with Crippen LogP contribution >= 0.6 is 0 Å². The molecule has 0 unspecified atom stereocenters. The van der Waals surface area contributed by atoms with Gasteiger partial charge < -0.3 is 15.1 Å². The molecule has 3 rings (SSSR count). The summed E-state index contributed by atoms with van der Waals surface area (Å²) in [5.74, 6) is 1.29. The molecule has 0 spiro atoms. The minimum atomic E-state index is 0.0998. The normalized spacial score (nSPS) is 25.2. The van der Waals surface area contributed by atoms with Crippen molar-refractivity contribution in [2.75, 3.05) is 33.7 Å². The highest BCUT2D eigenvalue weighted by molar-refractivity contribution is 5.93. The summed E-state index contributed by atoms with van der Waals surface area (Å²) in [7, 11) is 3.61. The van der Waals surface area contributed by atoms with Gasteiger partial charge in [0.05, 0.1) is 11.8 Å². The van der Waals surface area contributed by atoms with Crippen LogP contribution in [0.25, 0.3) is 0 Å². The number of rotatable bonds is 6. The first-order valence-electron chi connectivity index (χ1n) is 9.73. The number of likely N-dealkylation sites (tertiary alicyclic amines) is 1. The number of amides is 2. The molecule has 26 heavy (non-hydrogen) atoms. The van der Waals surface area contributed by atoms with Crippen molar-refractivity contribution in [2.24, 2.45) is 11.8 Å². The first-order chi connectivity index (χ1) is 12.5. The molecule has 0 aromatic carbocycles. The number of aromatic nitrogens is 2. The summed E-state index contributed by atoms with van der Waals surface area (Å²) in [4.78, 5) is 28.3. The van der Waals surface area contributed by atoms with Gasteiger partial charge >= 0.3 is 0 Å². The fraction of sp³-hybridized carbons (Fsp3) is 0.737. The molecule has 2 bridgehead atoms. The molecule has 7 heteroatoms. The molecule has 2 amide bonds. The van der Waals surface area contributed by atoms with E-state index in [0.29, 0.717) is 29.9 Å². The van der Waals surface area contributed by atoms with E-state index in [1.807, 2.05) is 18.0 Å². The van der Waals surface area contributed by atoms with Gasteiger partial charge in [-0.15, -0.1) is 0 Å². The van der Waals surface area contributed by atoms with Gasteiger partial charge in [0.2, 0.25) is 5.91 Å². The third-order valence-corrected chi connectivity index (χ3v) is 5.70. The lowest BCUT2D eigenvalue weighted by atomic mass is 9.79.